The van der Waals surface area contributed by atoms with Gasteiger partial charge < -0.3 is 10.2 Å². The minimum atomic E-state index is -0.912. The molecule has 2 N–H and O–H groups in total. The van der Waals surface area contributed by atoms with Crippen molar-refractivity contribution in [2.45, 2.75) is 6.42 Å². The van der Waals surface area contributed by atoms with Crippen molar-refractivity contribution in [1.29, 1.82) is 0 Å². The van der Waals surface area contributed by atoms with Crippen molar-refractivity contribution in [2.75, 3.05) is 0 Å². The highest BCUT2D eigenvalue weighted by Gasteiger charge is 2.28. The van der Waals surface area contributed by atoms with E-state index in [2.05, 4.69) is 0 Å². The Labute approximate surface area is 116 Å². The predicted octanol–water partition coefficient (Wildman–Crippen LogP) is 1.66. The Morgan fingerprint density at radius 1 is 0.950 bits per heavy atom. The van der Waals surface area contributed by atoms with Crippen LogP contribution in [0, 0.1) is 5.92 Å². The van der Waals surface area contributed by atoms with Crippen LogP contribution < -0.4 is 10.4 Å². The molecule has 1 aliphatic rings. The standard InChI is InChI=1S/C17H14O3/c18-15-10-14(17(19)20)16(11-6-2-1-3-7-11)13-9-5-4-8-12(13)15/h1-9,14,18H,10H2,(H,19,20). The summed E-state index contributed by atoms with van der Waals surface area (Å²) in [6.07, 6.45) is 0.135. The van der Waals surface area contributed by atoms with Crippen LogP contribution in [0.1, 0.15) is 12.0 Å². The molecular weight excluding hydrogens is 252 g/mol. The van der Waals surface area contributed by atoms with Gasteiger partial charge in [-0.15, -0.1) is 0 Å². The third-order valence-electron chi connectivity index (χ3n) is 3.66. The number of carboxylic acid groups (broad SMARTS) is 1. The zero-order valence-electron chi connectivity index (χ0n) is 10.8. The lowest BCUT2D eigenvalue weighted by atomic mass is 9.83. The van der Waals surface area contributed by atoms with Gasteiger partial charge in [0.15, 0.2) is 0 Å². The van der Waals surface area contributed by atoms with Gasteiger partial charge in [0.1, 0.15) is 5.76 Å². The molecule has 0 radical (unpaired) electrons. The van der Waals surface area contributed by atoms with Crippen molar-refractivity contribution in [3.63, 3.8) is 0 Å². The first-order valence-corrected chi connectivity index (χ1v) is 6.48. The van der Waals surface area contributed by atoms with E-state index >= 15 is 0 Å². The van der Waals surface area contributed by atoms with E-state index in [9.17, 15) is 15.0 Å². The maximum atomic E-state index is 11.5. The first-order valence-electron chi connectivity index (χ1n) is 6.48. The van der Waals surface area contributed by atoms with E-state index in [1.54, 1.807) is 0 Å². The third-order valence-corrected chi connectivity index (χ3v) is 3.66. The smallest absolute Gasteiger partial charge is 0.311 e. The van der Waals surface area contributed by atoms with Crippen LogP contribution in [-0.2, 0) is 4.79 Å². The van der Waals surface area contributed by atoms with Crippen molar-refractivity contribution < 1.29 is 15.0 Å². The lowest BCUT2D eigenvalue weighted by Gasteiger charge is -2.21. The molecule has 3 heteroatoms. The van der Waals surface area contributed by atoms with E-state index < -0.39 is 11.9 Å². The highest BCUT2D eigenvalue weighted by Crippen LogP contribution is 2.27. The summed E-state index contributed by atoms with van der Waals surface area (Å²) in [6, 6.07) is 16.9. The second kappa shape index (κ2) is 4.85. The van der Waals surface area contributed by atoms with E-state index in [1.165, 1.54) is 0 Å². The van der Waals surface area contributed by atoms with Gasteiger partial charge in [0.2, 0.25) is 0 Å². The number of aliphatic hydroxyl groups is 1. The fourth-order valence-electron chi connectivity index (χ4n) is 2.75. The number of carboxylic acids is 1. The highest BCUT2D eigenvalue weighted by molar-refractivity contribution is 5.89. The molecule has 0 aliphatic heterocycles. The van der Waals surface area contributed by atoms with Gasteiger partial charge >= 0.3 is 5.97 Å². The zero-order chi connectivity index (χ0) is 14.1. The Morgan fingerprint density at radius 2 is 1.55 bits per heavy atom. The second-order valence-electron chi connectivity index (χ2n) is 4.87. The average Bonchev–Trinajstić information content (AvgIpc) is 2.48. The van der Waals surface area contributed by atoms with Crippen LogP contribution in [0.5, 0.6) is 0 Å². The summed E-state index contributed by atoms with van der Waals surface area (Å²) in [5.74, 6) is -1.48. The molecule has 0 saturated heterocycles. The van der Waals surface area contributed by atoms with Crippen LogP contribution in [0.15, 0.2) is 54.6 Å². The third kappa shape index (κ3) is 1.97. The van der Waals surface area contributed by atoms with E-state index in [0.29, 0.717) is 0 Å². The van der Waals surface area contributed by atoms with Crippen molar-refractivity contribution in [2.24, 2.45) is 5.92 Å². The number of hydrogen-bond donors (Lipinski definition) is 2. The summed E-state index contributed by atoms with van der Waals surface area (Å²) in [6.45, 7) is 0. The summed E-state index contributed by atoms with van der Waals surface area (Å²) in [5.41, 5.74) is 1.66. The fourth-order valence-corrected chi connectivity index (χ4v) is 2.75. The normalized spacial score (nSPS) is 17.7. The first kappa shape index (κ1) is 12.5. The topological polar surface area (TPSA) is 57.5 Å². The van der Waals surface area contributed by atoms with Crippen LogP contribution in [0.2, 0.25) is 0 Å². The van der Waals surface area contributed by atoms with Crippen molar-refractivity contribution in [1.82, 2.24) is 0 Å². The van der Waals surface area contributed by atoms with Crippen LogP contribution in [0.3, 0.4) is 0 Å². The van der Waals surface area contributed by atoms with Gasteiger partial charge in [0, 0.05) is 11.6 Å². The first-order chi connectivity index (χ1) is 9.68. The van der Waals surface area contributed by atoms with Crippen LogP contribution in [0.25, 0.3) is 11.3 Å². The molecule has 1 unspecified atom stereocenters. The highest BCUT2D eigenvalue weighted by atomic mass is 16.4. The average molecular weight is 266 g/mol. The minimum Gasteiger partial charge on any atom is -0.512 e. The van der Waals surface area contributed by atoms with Crippen molar-refractivity contribution in [3.05, 3.63) is 70.6 Å². The molecule has 0 fully saturated rings. The zero-order valence-corrected chi connectivity index (χ0v) is 10.8. The van der Waals surface area contributed by atoms with Gasteiger partial charge in [0.05, 0.1) is 5.92 Å². The summed E-state index contributed by atoms with van der Waals surface area (Å²) >= 11 is 0. The van der Waals surface area contributed by atoms with E-state index in [0.717, 1.165) is 21.6 Å². The molecule has 1 aliphatic carbocycles. The second-order valence-corrected chi connectivity index (χ2v) is 4.87. The Balaban J connectivity index is 2.42. The monoisotopic (exact) mass is 266 g/mol. The summed E-state index contributed by atoms with van der Waals surface area (Å²) in [5, 5.41) is 21.1. The Hall–Kier alpha value is -2.55. The van der Waals surface area contributed by atoms with Crippen LogP contribution in [0.4, 0.5) is 0 Å². The molecule has 0 bridgehead atoms. The lowest BCUT2D eigenvalue weighted by molar-refractivity contribution is -0.139. The molecule has 1 atom stereocenters. The molecule has 2 aromatic rings. The van der Waals surface area contributed by atoms with Gasteiger partial charge in [-0.3, -0.25) is 4.79 Å². The number of aliphatic hydroxyl groups excluding tert-OH is 1. The molecular formula is C17H14O3. The predicted molar refractivity (Wildman–Crippen MR) is 76.4 cm³/mol. The molecule has 0 aromatic heterocycles. The van der Waals surface area contributed by atoms with Crippen LogP contribution >= 0.6 is 0 Å². The van der Waals surface area contributed by atoms with Gasteiger partial charge in [-0.25, -0.2) is 0 Å². The van der Waals surface area contributed by atoms with Gasteiger partial charge in [-0.2, -0.15) is 0 Å². The Kier molecular flexibility index (Phi) is 3.03. The maximum absolute atomic E-state index is 11.5. The maximum Gasteiger partial charge on any atom is 0.311 e. The molecule has 3 rings (SSSR count). The number of aliphatic carboxylic acids is 1. The number of hydrogen-bond acceptors (Lipinski definition) is 2. The molecule has 0 amide bonds. The number of benzene rings is 2. The molecule has 20 heavy (non-hydrogen) atoms. The van der Waals surface area contributed by atoms with Crippen LogP contribution in [-0.4, -0.2) is 16.2 Å². The SMILES string of the molecule is O=C(O)C1CC(O)=c2ccccc2=C1c1ccccc1. The molecule has 2 aromatic carbocycles. The van der Waals surface area contributed by atoms with Gasteiger partial charge in [-0.1, -0.05) is 54.6 Å². The van der Waals surface area contributed by atoms with Gasteiger partial charge in [0.25, 0.3) is 0 Å². The Bertz CT molecular complexity index is 775. The van der Waals surface area contributed by atoms with Crippen molar-refractivity contribution >= 4 is 17.3 Å². The minimum absolute atomic E-state index is 0.135. The molecule has 3 nitrogen and oxygen atoms in total. The summed E-state index contributed by atoms with van der Waals surface area (Å²) in [7, 11) is 0. The van der Waals surface area contributed by atoms with E-state index in [1.807, 2.05) is 54.6 Å². The number of fused-ring (bicyclic) bond motifs is 1. The Morgan fingerprint density at radius 3 is 2.20 bits per heavy atom. The number of carbonyl (C=O) groups is 1. The van der Waals surface area contributed by atoms with Gasteiger partial charge in [-0.05, 0) is 16.4 Å². The molecule has 100 valence electrons. The molecule has 0 heterocycles. The van der Waals surface area contributed by atoms with Crippen molar-refractivity contribution in [3.8, 4) is 0 Å². The quantitative estimate of drug-likeness (QED) is 0.869. The fraction of sp³-hybridized carbons (Fsp3) is 0.118. The van der Waals surface area contributed by atoms with E-state index in [4.69, 9.17) is 0 Å². The summed E-state index contributed by atoms with van der Waals surface area (Å²) in [4.78, 5) is 11.5. The summed E-state index contributed by atoms with van der Waals surface area (Å²) < 4.78 is 0. The molecule has 0 saturated carbocycles. The lowest BCUT2D eigenvalue weighted by Crippen LogP contribution is -2.38. The largest absolute Gasteiger partial charge is 0.512 e. The number of rotatable bonds is 2. The van der Waals surface area contributed by atoms with E-state index in [-0.39, 0.29) is 12.2 Å². The molecule has 0 spiro atoms.